The lowest BCUT2D eigenvalue weighted by atomic mass is 10.1. The Labute approximate surface area is 165 Å². The van der Waals surface area contributed by atoms with Crippen LogP contribution in [0.3, 0.4) is 0 Å². The van der Waals surface area contributed by atoms with E-state index in [1.165, 1.54) is 6.92 Å². The van der Waals surface area contributed by atoms with E-state index in [4.69, 9.17) is 4.74 Å². The minimum atomic E-state index is -0.286. The fraction of sp³-hybridized carbons (Fsp3) is 0.318. The molecule has 2 rings (SSSR count). The van der Waals surface area contributed by atoms with E-state index in [9.17, 15) is 14.4 Å². The lowest BCUT2D eigenvalue weighted by Crippen LogP contribution is -2.31. The largest absolute Gasteiger partial charge is 0.483 e. The number of carbonyl (C=O) groups is 3. The maximum Gasteiger partial charge on any atom is 0.258 e. The fourth-order valence-corrected chi connectivity index (χ4v) is 2.71. The molecule has 28 heavy (non-hydrogen) atoms. The molecule has 0 aliphatic rings. The van der Waals surface area contributed by atoms with Gasteiger partial charge in [-0.05, 0) is 44.0 Å². The molecule has 0 spiro atoms. The molecular formula is C22H26N2O4. The van der Waals surface area contributed by atoms with Crippen LogP contribution in [0.1, 0.15) is 55.6 Å². The summed E-state index contributed by atoms with van der Waals surface area (Å²) in [4.78, 5) is 35.9. The molecule has 6 nitrogen and oxygen atoms in total. The molecule has 0 aromatic heterocycles. The minimum absolute atomic E-state index is 0.111. The molecule has 2 amide bonds. The van der Waals surface area contributed by atoms with Crippen molar-refractivity contribution in [3.05, 3.63) is 59.7 Å². The van der Waals surface area contributed by atoms with Gasteiger partial charge in [0, 0.05) is 12.1 Å². The lowest BCUT2D eigenvalue weighted by molar-refractivity contribution is -0.123. The van der Waals surface area contributed by atoms with Crippen LogP contribution in [0.15, 0.2) is 48.5 Å². The number of Topliss-reactive ketones (excluding diaryl/α,β-unsaturated/α-hetero) is 1. The highest BCUT2D eigenvalue weighted by atomic mass is 16.5. The van der Waals surface area contributed by atoms with Crippen molar-refractivity contribution in [1.82, 2.24) is 5.32 Å². The second kappa shape index (κ2) is 10.3. The first kappa shape index (κ1) is 21.2. The normalized spacial score (nSPS) is 11.4. The number of amides is 2. The van der Waals surface area contributed by atoms with Gasteiger partial charge >= 0.3 is 0 Å². The van der Waals surface area contributed by atoms with Crippen LogP contribution in [-0.2, 0) is 9.59 Å². The summed E-state index contributed by atoms with van der Waals surface area (Å²) in [6.45, 7) is 5.01. The van der Waals surface area contributed by atoms with Gasteiger partial charge in [0.15, 0.2) is 12.4 Å². The van der Waals surface area contributed by atoms with E-state index in [1.807, 2.05) is 44.2 Å². The quantitative estimate of drug-likeness (QED) is 0.645. The van der Waals surface area contributed by atoms with Crippen LogP contribution in [0.25, 0.3) is 0 Å². The zero-order chi connectivity index (χ0) is 20.5. The first-order valence-corrected chi connectivity index (χ1v) is 9.32. The number of hydrogen-bond acceptors (Lipinski definition) is 4. The number of hydrogen-bond donors (Lipinski definition) is 2. The van der Waals surface area contributed by atoms with Crippen molar-refractivity contribution in [3.63, 3.8) is 0 Å². The van der Waals surface area contributed by atoms with E-state index in [0.29, 0.717) is 23.4 Å². The summed E-state index contributed by atoms with van der Waals surface area (Å²) in [7, 11) is 0. The van der Waals surface area contributed by atoms with Gasteiger partial charge in [-0.2, -0.15) is 0 Å². The third kappa shape index (κ3) is 6.23. The molecule has 2 aromatic carbocycles. The summed E-state index contributed by atoms with van der Waals surface area (Å²) in [5.41, 5.74) is 1.84. The molecule has 0 fully saturated rings. The van der Waals surface area contributed by atoms with Crippen molar-refractivity contribution in [2.75, 3.05) is 11.9 Å². The summed E-state index contributed by atoms with van der Waals surface area (Å²) in [6, 6.07) is 14.3. The van der Waals surface area contributed by atoms with Crippen LogP contribution >= 0.6 is 0 Å². The summed E-state index contributed by atoms with van der Waals surface area (Å²) in [5.74, 6) is -0.297. The molecule has 0 saturated carbocycles. The van der Waals surface area contributed by atoms with Gasteiger partial charge in [-0.3, -0.25) is 14.4 Å². The van der Waals surface area contributed by atoms with Crippen molar-refractivity contribution < 1.29 is 19.1 Å². The zero-order valence-corrected chi connectivity index (χ0v) is 16.5. The van der Waals surface area contributed by atoms with Gasteiger partial charge in [0.2, 0.25) is 5.91 Å². The van der Waals surface area contributed by atoms with E-state index in [0.717, 1.165) is 12.0 Å². The van der Waals surface area contributed by atoms with E-state index >= 15 is 0 Å². The predicted octanol–water partition coefficient (Wildman–Crippen LogP) is 3.88. The van der Waals surface area contributed by atoms with Gasteiger partial charge in [0.1, 0.15) is 5.75 Å². The Kier molecular flexibility index (Phi) is 7.75. The Hall–Kier alpha value is -3.15. The third-order valence-corrected chi connectivity index (χ3v) is 4.16. The number of ether oxygens (including phenoxy) is 1. The second-order valence-corrected chi connectivity index (χ2v) is 6.55. The fourth-order valence-electron chi connectivity index (χ4n) is 2.71. The minimum Gasteiger partial charge on any atom is -0.483 e. The van der Waals surface area contributed by atoms with Crippen molar-refractivity contribution >= 4 is 23.3 Å². The standard InChI is InChI=1S/C22H26N2O4/c1-4-8-21(26)24-18-11-12-20(19(13-18)16(3)25)28-14-22(27)23-15(2)17-9-6-5-7-10-17/h5-7,9-13,15H,4,8,14H2,1-3H3,(H,23,27)(H,24,26). The maximum atomic E-state index is 12.2. The molecular weight excluding hydrogens is 356 g/mol. The van der Waals surface area contributed by atoms with Gasteiger partial charge in [-0.25, -0.2) is 0 Å². The number of rotatable bonds is 9. The topological polar surface area (TPSA) is 84.5 Å². The summed E-state index contributed by atoms with van der Waals surface area (Å²) in [6.07, 6.45) is 1.15. The van der Waals surface area contributed by atoms with Gasteiger partial charge in [-0.1, -0.05) is 37.3 Å². The van der Waals surface area contributed by atoms with Crippen molar-refractivity contribution in [3.8, 4) is 5.75 Å². The molecule has 1 unspecified atom stereocenters. The van der Waals surface area contributed by atoms with Crippen molar-refractivity contribution in [1.29, 1.82) is 0 Å². The molecule has 0 bridgehead atoms. The Bertz CT molecular complexity index is 834. The number of ketones is 1. The third-order valence-electron chi connectivity index (χ3n) is 4.16. The van der Waals surface area contributed by atoms with Gasteiger partial charge in [-0.15, -0.1) is 0 Å². The van der Waals surface area contributed by atoms with Gasteiger partial charge in [0.25, 0.3) is 5.91 Å². The first-order valence-electron chi connectivity index (χ1n) is 9.32. The highest BCUT2D eigenvalue weighted by Crippen LogP contribution is 2.24. The average Bonchev–Trinajstić information content (AvgIpc) is 2.67. The average molecular weight is 382 g/mol. The molecule has 0 aliphatic carbocycles. The lowest BCUT2D eigenvalue weighted by Gasteiger charge is -2.16. The summed E-state index contributed by atoms with van der Waals surface area (Å²) >= 11 is 0. The molecule has 0 saturated heterocycles. The highest BCUT2D eigenvalue weighted by Gasteiger charge is 2.14. The van der Waals surface area contributed by atoms with Gasteiger partial charge < -0.3 is 15.4 Å². The Morgan fingerprint density at radius 1 is 1.04 bits per heavy atom. The van der Waals surface area contributed by atoms with Crippen LogP contribution in [0, 0.1) is 0 Å². The highest BCUT2D eigenvalue weighted by molar-refractivity contribution is 5.99. The number of carbonyl (C=O) groups excluding carboxylic acids is 3. The molecule has 0 aliphatic heterocycles. The first-order chi connectivity index (χ1) is 13.4. The molecule has 1 atom stereocenters. The van der Waals surface area contributed by atoms with E-state index in [-0.39, 0.29) is 30.2 Å². The molecule has 148 valence electrons. The van der Waals surface area contributed by atoms with E-state index < -0.39 is 0 Å². The Morgan fingerprint density at radius 3 is 2.39 bits per heavy atom. The summed E-state index contributed by atoms with van der Waals surface area (Å²) in [5, 5.41) is 5.61. The van der Waals surface area contributed by atoms with Crippen molar-refractivity contribution in [2.45, 2.75) is 39.7 Å². The monoisotopic (exact) mass is 382 g/mol. The van der Waals surface area contributed by atoms with Crippen LogP contribution in [0.2, 0.25) is 0 Å². The number of nitrogens with one attached hydrogen (secondary N) is 2. The number of benzene rings is 2. The van der Waals surface area contributed by atoms with Crippen LogP contribution in [0.4, 0.5) is 5.69 Å². The van der Waals surface area contributed by atoms with Crippen molar-refractivity contribution in [2.24, 2.45) is 0 Å². The predicted molar refractivity (Wildman–Crippen MR) is 108 cm³/mol. The maximum absolute atomic E-state index is 12.2. The molecule has 0 radical (unpaired) electrons. The van der Waals surface area contributed by atoms with Crippen LogP contribution in [0.5, 0.6) is 5.75 Å². The molecule has 2 aromatic rings. The van der Waals surface area contributed by atoms with Crippen LogP contribution < -0.4 is 15.4 Å². The summed E-state index contributed by atoms with van der Waals surface area (Å²) < 4.78 is 5.56. The number of anilines is 1. The Balaban J connectivity index is 1.99. The van der Waals surface area contributed by atoms with Crippen LogP contribution in [-0.4, -0.2) is 24.2 Å². The zero-order valence-electron chi connectivity index (χ0n) is 16.5. The molecule has 0 heterocycles. The SMILES string of the molecule is CCCC(=O)Nc1ccc(OCC(=O)NC(C)c2ccccc2)c(C(C)=O)c1. The smallest absolute Gasteiger partial charge is 0.258 e. The molecule has 6 heteroatoms. The molecule has 2 N–H and O–H groups in total. The van der Waals surface area contributed by atoms with Gasteiger partial charge in [0.05, 0.1) is 11.6 Å². The Morgan fingerprint density at radius 2 is 1.75 bits per heavy atom. The van der Waals surface area contributed by atoms with E-state index in [2.05, 4.69) is 10.6 Å². The van der Waals surface area contributed by atoms with E-state index in [1.54, 1.807) is 18.2 Å². The second-order valence-electron chi connectivity index (χ2n) is 6.55.